The van der Waals surface area contributed by atoms with Crippen LogP contribution >= 0.6 is 0 Å². The molecular formula is C19H23NO5. The maximum Gasteiger partial charge on any atom is 0.311 e. The Morgan fingerprint density at radius 3 is 2.88 bits per heavy atom. The summed E-state index contributed by atoms with van der Waals surface area (Å²) in [6.07, 6.45) is 4.07. The molecule has 1 aliphatic heterocycles. The first kappa shape index (κ1) is 17.3. The molecule has 1 aromatic rings. The summed E-state index contributed by atoms with van der Waals surface area (Å²) in [5.74, 6) is 0.116. The third kappa shape index (κ3) is 2.97. The number of carboxylic acid groups (broad SMARTS) is 1. The molecule has 0 spiro atoms. The van der Waals surface area contributed by atoms with E-state index in [1.165, 1.54) is 7.11 Å². The van der Waals surface area contributed by atoms with E-state index in [1.54, 1.807) is 29.2 Å². The van der Waals surface area contributed by atoms with E-state index >= 15 is 0 Å². The molecule has 1 aliphatic carbocycles. The van der Waals surface area contributed by atoms with Crippen LogP contribution in [0, 0.1) is 11.3 Å². The number of likely N-dealkylation sites (tertiary alicyclic amines) is 1. The normalized spacial score (nSPS) is 24.7. The van der Waals surface area contributed by atoms with E-state index in [-0.39, 0.29) is 18.4 Å². The molecule has 0 aromatic heterocycles. The van der Waals surface area contributed by atoms with Gasteiger partial charge in [0.1, 0.15) is 6.61 Å². The minimum absolute atomic E-state index is 0.0473. The summed E-state index contributed by atoms with van der Waals surface area (Å²) in [6.45, 7) is 4.73. The number of carboxylic acids is 1. The molecule has 25 heavy (non-hydrogen) atoms. The van der Waals surface area contributed by atoms with Gasteiger partial charge in [0, 0.05) is 18.7 Å². The third-order valence-corrected chi connectivity index (χ3v) is 5.35. The van der Waals surface area contributed by atoms with Crippen LogP contribution in [0.1, 0.15) is 29.6 Å². The summed E-state index contributed by atoms with van der Waals surface area (Å²) in [7, 11) is 1.52. The second-order valence-electron chi connectivity index (χ2n) is 6.70. The zero-order valence-electron chi connectivity index (χ0n) is 14.4. The molecule has 1 N–H and O–H groups in total. The molecule has 1 aromatic carbocycles. The van der Waals surface area contributed by atoms with Gasteiger partial charge in [0.2, 0.25) is 0 Å². The minimum Gasteiger partial charge on any atom is -0.493 e. The van der Waals surface area contributed by atoms with E-state index in [2.05, 4.69) is 6.58 Å². The van der Waals surface area contributed by atoms with Gasteiger partial charge in [0.05, 0.1) is 12.5 Å². The van der Waals surface area contributed by atoms with Gasteiger partial charge in [-0.05, 0) is 37.0 Å². The first-order valence-electron chi connectivity index (χ1n) is 8.46. The van der Waals surface area contributed by atoms with Crippen LogP contribution in [0.15, 0.2) is 30.9 Å². The molecule has 2 fully saturated rings. The zero-order valence-corrected chi connectivity index (χ0v) is 14.4. The third-order valence-electron chi connectivity index (χ3n) is 5.35. The van der Waals surface area contributed by atoms with Crippen molar-refractivity contribution in [2.24, 2.45) is 11.3 Å². The van der Waals surface area contributed by atoms with E-state index in [0.717, 1.165) is 12.8 Å². The molecule has 0 unspecified atom stereocenters. The Morgan fingerprint density at radius 2 is 2.24 bits per heavy atom. The molecule has 1 amide bonds. The Morgan fingerprint density at radius 1 is 1.44 bits per heavy atom. The summed E-state index contributed by atoms with van der Waals surface area (Å²) in [6, 6.07) is 5.02. The van der Waals surface area contributed by atoms with Gasteiger partial charge in [-0.3, -0.25) is 9.59 Å². The number of benzene rings is 1. The van der Waals surface area contributed by atoms with E-state index in [4.69, 9.17) is 9.47 Å². The van der Waals surface area contributed by atoms with E-state index < -0.39 is 11.4 Å². The van der Waals surface area contributed by atoms with Gasteiger partial charge in [0.15, 0.2) is 11.5 Å². The second kappa shape index (κ2) is 6.78. The van der Waals surface area contributed by atoms with E-state index in [9.17, 15) is 14.7 Å². The molecule has 2 aliphatic rings. The molecule has 6 nitrogen and oxygen atoms in total. The molecule has 3 rings (SSSR count). The molecule has 1 saturated carbocycles. The molecule has 2 atom stereocenters. The highest BCUT2D eigenvalue weighted by molar-refractivity contribution is 5.96. The lowest BCUT2D eigenvalue weighted by Crippen LogP contribution is -2.37. The van der Waals surface area contributed by atoms with Crippen molar-refractivity contribution in [2.45, 2.75) is 19.3 Å². The van der Waals surface area contributed by atoms with Crippen molar-refractivity contribution in [3.05, 3.63) is 36.4 Å². The van der Waals surface area contributed by atoms with Crippen LogP contribution in [0.2, 0.25) is 0 Å². The average molecular weight is 345 g/mol. The smallest absolute Gasteiger partial charge is 0.311 e. The highest BCUT2D eigenvalue weighted by Gasteiger charge is 2.55. The van der Waals surface area contributed by atoms with Crippen molar-refractivity contribution in [2.75, 3.05) is 26.8 Å². The number of nitrogens with zero attached hydrogens (tertiary/aromatic N) is 1. The van der Waals surface area contributed by atoms with Crippen molar-refractivity contribution in [3.63, 3.8) is 0 Å². The van der Waals surface area contributed by atoms with Crippen LogP contribution in [0.4, 0.5) is 0 Å². The number of amides is 1. The molecule has 6 heteroatoms. The molecule has 0 radical (unpaired) electrons. The predicted octanol–water partition coefficient (Wildman–Crippen LogP) is 2.59. The minimum atomic E-state index is -0.781. The number of methoxy groups -OCH3 is 1. The number of ether oxygens (including phenoxy) is 2. The average Bonchev–Trinajstić information content (AvgIpc) is 3.17. The topological polar surface area (TPSA) is 76.1 Å². The molecule has 0 bridgehead atoms. The Hall–Kier alpha value is -2.50. The predicted molar refractivity (Wildman–Crippen MR) is 92.0 cm³/mol. The van der Waals surface area contributed by atoms with Crippen molar-refractivity contribution in [1.29, 1.82) is 0 Å². The highest BCUT2D eigenvalue weighted by Crippen LogP contribution is 2.49. The fourth-order valence-electron chi connectivity index (χ4n) is 4.04. The number of aliphatic carboxylic acids is 1. The fourth-order valence-corrected chi connectivity index (χ4v) is 4.04. The van der Waals surface area contributed by atoms with Crippen molar-refractivity contribution in [3.8, 4) is 11.5 Å². The number of carbonyl (C=O) groups is 2. The lowest BCUT2D eigenvalue weighted by Gasteiger charge is -2.23. The standard InChI is InChI=1S/C19H23NO5/c1-3-9-25-15-7-6-13(10-16(15)24-2)17(21)20-11-14-5-4-8-19(14,12-20)18(22)23/h3,6-7,10,14H,1,4-5,8-9,11-12H2,2H3,(H,22,23)/t14-,19+/m0/s1. The zero-order chi connectivity index (χ0) is 18.0. The summed E-state index contributed by atoms with van der Waals surface area (Å²) in [4.78, 5) is 26.3. The van der Waals surface area contributed by atoms with Crippen molar-refractivity contribution < 1.29 is 24.2 Å². The number of carbonyl (C=O) groups excluding carboxylic acids is 1. The molecule has 134 valence electrons. The van der Waals surface area contributed by atoms with E-state index in [0.29, 0.717) is 36.6 Å². The first-order valence-corrected chi connectivity index (χ1v) is 8.46. The van der Waals surface area contributed by atoms with Crippen LogP contribution in [-0.2, 0) is 4.79 Å². The van der Waals surface area contributed by atoms with Gasteiger partial charge in [0.25, 0.3) is 5.91 Å². The van der Waals surface area contributed by atoms with Gasteiger partial charge >= 0.3 is 5.97 Å². The Bertz CT molecular complexity index is 701. The fraction of sp³-hybridized carbons (Fsp3) is 0.474. The van der Waals surface area contributed by atoms with Crippen LogP contribution in [0.25, 0.3) is 0 Å². The van der Waals surface area contributed by atoms with Gasteiger partial charge in [-0.15, -0.1) is 0 Å². The first-order chi connectivity index (χ1) is 12.0. The van der Waals surface area contributed by atoms with Crippen LogP contribution in [0.3, 0.4) is 0 Å². The number of hydrogen-bond donors (Lipinski definition) is 1. The van der Waals surface area contributed by atoms with Gasteiger partial charge in [-0.25, -0.2) is 0 Å². The lowest BCUT2D eigenvalue weighted by atomic mass is 9.81. The van der Waals surface area contributed by atoms with Gasteiger partial charge in [-0.2, -0.15) is 0 Å². The largest absolute Gasteiger partial charge is 0.493 e. The van der Waals surface area contributed by atoms with Crippen LogP contribution in [0.5, 0.6) is 11.5 Å². The van der Waals surface area contributed by atoms with Gasteiger partial charge in [-0.1, -0.05) is 19.1 Å². The number of fused-ring (bicyclic) bond motifs is 1. The molecular weight excluding hydrogens is 322 g/mol. The summed E-state index contributed by atoms with van der Waals surface area (Å²) >= 11 is 0. The SMILES string of the molecule is C=CCOc1ccc(C(=O)N2C[C@@H]3CCC[C@@]3(C(=O)O)C2)cc1OC. The highest BCUT2D eigenvalue weighted by atomic mass is 16.5. The Balaban J connectivity index is 1.80. The van der Waals surface area contributed by atoms with Gasteiger partial charge < -0.3 is 19.5 Å². The Kier molecular flexibility index (Phi) is 4.70. The van der Waals surface area contributed by atoms with Crippen molar-refractivity contribution >= 4 is 11.9 Å². The van der Waals surface area contributed by atoms with Crippen LogP contribution in [-0.4, -0.2) is 48.7 Å². The second-order valence-corrected chi connectivity index (χ2v) is 6.70. The van der Waals surface area contributed by atoms with E-state index in [1.807, 2.05) is 0 Å². The van der Waals surface area contributed by atoms with Crippen molar-refractivity contribution in [1.82, 2.24) is 4.90 Å². The number of rotatable bonds is 6. The summed E-state index contributed by atoms with van der Waals surface area (Å²) < 4.78 is 10.8. The maximum absolute atomic E-state index is 12.9. The monoisotopic (exact) mass is 345 g/mol. The summed E-state index contributed by atoms with van der Waals surface area (Å²) in [5.41, 5.74) is -0.296. The molecule has 1 saturated heterocycles. The lowest BCUT2D eigenvalue weighted by molar-refractivity contribution is -0.149. The molecule has 1 heterocycles. The van der Waals surface area contributed by atoms with Crippen LogP contribution < -0.4 is 9.47 Å². The maximum atomic E-state index is 12.9. The quantitative estimate of drug-likeness (QED) is 0.802. The summed E-state index contributed by atoms with van der Waals surface area (Å²) in [5, 5.41) is 9.66. The number of hydrogen-bond acceptors (Lipinski definition) is 4. The Labute approximate surface area is 147 Å².